The number of ether oxygens (including phenoxy) is 4. The van der Waals surface area contributed by atoms with Crippen molar-refractivity contribution in [3.05, 3.63) is 35.9 Å². The highest BCUT2D eigenvalue weighted by molar-refractivity contribution is 5.78. The Balaban J connectivity index is 3.30. The van der Waals surface area contributed by atoms with Gasteiger partial charge in [-0.2, -0.15) is 0 Å². The molecule has 0 fully saturated rings. The third kappa shape index (κ3) is 26.8. The third-order valence-electron chi connectivity index (χ3n) is 7.58. The first-order chi connectivity index (χ1) is 25.2. The molecule has 0 aliphatic heterocycles. The molecule has 0 saturated carbocycles. The van der Waals surface area contributed by atoms with E-state index in [0.717, 1.165) is 19.3 Å². The minimum absolute atomic E-state index is 0.00358. The predicted octanol–water partition coefficient (Wildman–Crippen LogP) is 5.03. The Morgan fingerprint density at radius 1 is 0.545 bits per heavy atom. The smallest absolute Gasteiger partial charge is 0.320 e. The lowest BCUT2D eigenvalue weighted by molar-refractivity contribution is -0.162. The second-order valence-corrected chi connectivity index (χ2v) is 18.2. The van der Waals surface area contributed by atoms with Crippen molar-refractivity contribution in [2.45, 2.75) is 132 Å². The molecule has 13 nitrogen and oxygen atoms in total. The van der Waals surface area contributed by atoms with Gasteiger partial charge in [0, 0.05) is 32.7 Å². The van der Waals surface area contributed by atoms with Gasteiger partial charge in [-0.15, -0.1) is 0 Å². The Morgan fingerprint density at radius 2 is 0.891 bits per heavy atom. The van der Waals surface area contributed by atoms with Crippen molar-refractivity contribution in [3.8, 4) is 0 Å². The molecule has 1 unspecified atom stereocenters. The number of nitrogens with zero attached hydrogens (tertiary/aromatic N) is 3. The molecule has 0 aliphatic carbocycles. The minimum atomic E-state index is -0.722. The molecule has 1 rings (SSSR count). The van der Waals surface area contributed by atoms with Gasteiger partial charge in [-0.05, 0) is 107 Å². The molecule has 0 saturated heterocycles. The summed E-state index contributed by atoms with van der Waals surface area (Å²) in [7, 11) is 0. The zero-order valence-corrected chi connectivity index (χ0v) is 36.2. The van der Waals surface area contributed by atoms with E-state index in [4.69, 9.17) is 18.9 Å². The molecule has 0 radical (unpaired) electrons. The summed E-state index contributed by atoms with van der Waals surface area (Å²) in [6, 6.07) is 10.2. The Labute approximate surface area is 331 Å². The normalized spacial score (nSPS) is 13.1. The van der Waals surface area contributed by atoms with E-state index < -0.39 is 46.3 Å². The molecule has 0 bridgehead atoms. The number of carbonyl (C=O) groups excluding carboxylic acids is 5. The van der Waals surface area contributed by atoms with Gasteiger partial charge in [0.25, 0.3) is 0 Å². The zero-order chi connectivity index (χ0) is 42.0. The van der Waals surface area contributed by atoms with Crippen molar-refractivity contribution in [3.63, 3.8) is 0 Å². The third-order valence-corrected chi connectivity index (χ3v) is 7.58. The van der Waals surface area contributed by atoms with Crippen LogP contribution in [0.1, 0.15) is 108 Å². The number of amides is 1. The van der Waals surface area contributed by atoms with E-state index >= 15 is 0 Å². The summed E-state index contributed by atoms with van der Waals surface area (Å²) >= 11 is 0. The highest BCUT2D eigenvalue weighted by Gasteiger charge is 2.27. The Kier molecular flexibility index (Phi) is 20.6. The van der Waals surface area contributed by atoms with Crippen molar-refractivity contribution in [1.29, 1.82) is 0 Å². The van der Waals surface area contributed by atoms with Gasteiger partial charge in [-0.25, -0.2) is 0 Å². The summed E-state index contributed by atoms with van der Waals surface area (Å²) in [5.74, 6) is -1.93. The fourth-order valence-corrected chi connectivity index (χ4v) is 5.64. The monoisotopic (exact) mass is 777 g/mol. The first-order valence-corrected chi connectivity index (χ1v) is 19.6. The van der Waals surface area contributed by atoms with E-state index in [2.05, 4.69) is 24.4 Å². The summed E-state index contributed by atoms with van der Waals surface area (Å²) in [6.07, 6.45) is 2.77. The maximum absolute atomic E-state index is 13.6. The van der Waals surface area contributed by atoms with Crippen LogP contribution >= 0.6 is 0 Å². The molecule has 1 aromatic rings. The van der Waals surface area contributed by atoms with Crippen LogP contribution < -0.4 is 5.32 Å². The first kappa shape index (κ1) is 49.5. The molecule has 1 atom stereocenters. The topological polar surface area (TPSA) is 144 Å². The molecular weight excluding hydrogens is 704 g/mol. The van der Waals surface area contributed by atoms with Crippen molar-refractivity contribution in [1.82, 2.24) is 20.0 Å². The summed E-state index contributed by atoms with van der Waals surface area (Å²) < 4.78 is 22.2. The highest BCUT2D eigenvalue weighted by atomic mass is 16.6. The number of esters is 4. The lowest BCUT2D eigenvalue weighted by Gasteiger charge is -2.31. The average molecular weight is 777 g/mol. The second-order valence-electron chi connectivity index (χ2n) is 18.2. The van der Waals surface area contributed by atoms with Crippen LogP contribution in [-0.4, -0.2) is 132 Å². The van der Waals surface area contributed by atoms with Gasteiger partial charge in [-0.1, -0.05) is 43.7 Å². The van der Waals surface area contributed by atoms with Crippen LogP contribution in [0.4, 0.5) is 0 Å². The number of hydrogen-bond acceptors (Lipinski definition) is 12. The first-order valence-electron chi connectivity index (χ1n) is 19.6. The Bertz CT molecular complexity index is 1210. The van der Waals surface area contributed by atoms with Gasteiger partial charge in [0.1, 0.15) is 22.4 Å². The van der Waals surface area contributed by atoms with Crippen molar-refractivity contribution >= 4 is 29.8 Å². The average Bonchev–Trinajstić information content (AvgIpc) is 2.97. The van der Waals surface area contributed by atoms with E-state index in [9.17, 15) is 24.0 Å². The predicted molar refractivity (Wildman–Crippen MR) is 214 cm³/mol. The number of nitrogens with one attached hydrogen (secondary N) is 1. The summed E-state index contributed by atoms with van der Waals surface area (Å²) in [4.78, 5) is 70.4. The molecule has 0 spiro atoms. The maximum Gasteiger partial charge on any atom is 0.320 e. The molecule has 0 aromatic heterocycles. The number of benzene rings is 1. The van der Waals surface area contributed by atoms with Crippen molar-refractivity contribution in [2.75, 3.05) is 65.4 Å². The zero-order valence-electron chi connectivity index (χ0n) is 36.2. The van der Waals surface area contributed by atoms with Gasteiger partial charge in [0.15, 0.2) is 0 Å². The molecule has 1 N–H and O–H groups in total. The maximum atomic E-state index is 13.6. The Hall–Kier alpha value is -3.55. The van der Waals surface area contributed by atoms with E-state index in [1.165, 1.54) is 5.56 Å². The molecule has 314 valence electrons. The van der Waals surface area contributed by atoms with Crippen molar-refractivity contribution < 1.29 is 42.9 Å². The fraction of sp³-hybridized carbons (Fsp3) is 0.738. The molecular formula is C42H72N4O9. The fourth-order valence-electron chi connectivity index (χ4n) is 5.64. The molecule has 1 aromatic carbocycles. The Morgan fingerprint density at radius 3 is 1.22 bits per heavy atom. The lowest BCUT2D eigenvalue weighted by atomic mass is 9.95. The van der Waals surface area contributed by atoms with E-state index in [1.54, 1.807) is 92.9 Å². The van der Waals surface area contributed by atoms with Gasteiger partial charge < -0.3 is 24.3 Å². The standard InChI is InChI=1S/C42H72N4O9/c1-14-18-33(25-32-19-16-15-17-20-32)26-43-34(47)27-44(21-23-45(28-35(48)52-39(2,3)4)29-36(49)53-40(5,6)7)22-24-46(30-37(50)54-41(8,9)10)31-38(51)55-42(11,12)13/h15-17,19-20,33H,14,18,21-31H2,1-13H3,(H,43,47). The second kappa shape index (κ2) is 22.9. The molecule has 0 heterocycles. The summed E-state index contributed by atoms with van der Waals surface area (Å²) in [5.41, 5.74) is -1.68. The van der Waals surface area contributed by atoms with Crippen LogP contribution in [0.15, 0.2) is 30.3 Å². The van der Waals surface area contributed by atoms with Gasteiger partial charge >= 0.3 is 23.9 Å². The van der Waals surface area contributed by atoms with Gasteiger partial charge in [0.2, 0.25) is 5.91 Å². The molecule has 55 heavy (non-hydrogen) atoms. The molecule has 1 amide bonds. The van der Waals surface area contributed by atoms with E-state index in [1.807, 2.05) is 23.1 Å². The van der Waals surface area contributed by atoms with E-state index in [0.29, 0.717) is 6.54 Å². The quantitative estimate of drug-likeness (QED) is 0.125. The van der Waals surface area contributed by atoms with Crippen LogP contribution in [-0.2, 0) is 49.3 Å². The largest absolute Gasteiger partial charge is 0.459 e. The van der Waals surface area contributed by atoms with Gasteiger partial charge in [0.05, 0.1) is 32.7 Å². The SMILES string of the molecule is CCCC(CNC(=O)CN(CCN(CC(=O)OC(C)(C)C)CC(=O)OC(C)(C)C)CCN(CC(=O)OC(C)(C)C)CC(=O)OC(C)(C)C)Cc1ccccc1. The number of carbonyl (C=O) groups is 5. The van der Waals surface area contributed by atoms with Crippen LogP contribution in [0.2, 0.25) is 0 Å². The summed E-state index contributed by atoms with van der Waals surface area (Å²) in [5, 5.41) is 3.12. The summed E-state index contributed by atoms with van der Waals surface area (Å²) in [6.45, 7) is 24.2. The van der Waals surface area contributed by atoms with Gasteiger partial charge in [-0.3, -0.25) is 38.7 Å². The molecule has 13 heteroatoms. The lowest BCUT2D eigenvalue weighted by Crippen LogP contribution is -2.48. The molecule has 0 aliphatic rings. The van der Waals surface area contributed by atoms with Crippen LogP contribution in [0.5, 0.6) is 0 Å². The number of rotatable bonds is 22. The van der Waals surface area contributed by atoms with Crippen LogP contribution in [0.3, 0.4) is 0 Å². The van der Waals surface area contributed by atoms with E-state index in [-0.39, 0.29) is 70.7 Å². The highest BCUT2D eigenvalue weighted by Crippen LogP contribution is 2.15. The number of hydrogen-bond donors (Lipinski definition) is 1. The van der Waals surface area contributed by atoms with Crippen molar-refractivity contribution in [2.24, 2.45) is 5.92 Å². The van der Waals surface area contributed by atoms with Crippen LogP contribution in [0, 0.1) is 5.92 Å². The minimum Gasteiger partial charge on any atom is -0.459 e. The van der Waals surface area contributed by atoms with Crippen LogP contribution in [0.25, 0.3) is 0 Å².